The van der Waals surface area contributed by atoms with Gasteiger partial charge in [-0.15, -0.1) is 0 Å². The Labute approximate surface area is 199 Å². The van der Waals surface area contributed by atoms with Crippen molar-refractivity contribution in [3.8, 4) is 11.1 Å². The molecule has 7 nitrogen and oxygen atoms in total. The van der Waals surface area contributed by atoms with Gasteiger partial charge in [-0.2, -0.15) is 0 Å². The molecule has 3 N–H and O–H groups in total. The molecular weight excluding hydrogens is 432 g/mol. The van der Waals surface area contributed by atoms with Crippen LogP contribution in [0.15, 0.2) is 48.5 Å². The van der Waals surface area contributed by atoms with Gasteiger partial charge in [0.25, 0.3) is 0 Å². The molecule has 34 heavy (non-hydrogen) atoms. The normalized spacial score (nSPS) is 19.9. The average molecular weight is 465 g/mol. The lowest BCUT2D eigenvalue weighted by Crippen LogP contribution is -2.46. The zero-order chi connectivity index (χ0) is 24.2. The molecule has 0 heterocycles. The molecule has 180 valence electrons. The Hall–Kier alpha value is -3.35. The number of hydrogen-bond donors (Lipinski definition) is 3. The molecule has 0 bridgehead atoms. The van der Waals surface area contributed by atoms with E-state index in [9.17, 15) is 19.5 Å². The van der Waals surface area contributed by atoms with Crippen molar-refractivity contribution in [2.24, 2.45) is 11.8 Å². The highest BCUT2D eigenvalue weighted by atomic mass is 16.5. The topological polar surface area (TPSA) is 105 Å². The minimum absolute atomic E-state index is 0.00714. The van der Waals surface area contributed by atoms with Crippen molar-refractivity contribution in [2.75, 3.05) is 6.61 Å². The maximum absolute atomic E-state index is 12.7. The predicted molar refractivity (Wildman–Crippen MR) is 128 cm³/mol. The Morgan fingerprint density at radius 2 is 1.62 bits per heavy atom. The van der Waals surface area contributed by atoms with Crippen molar-refractivity contribution in [3.05, 3.63) is 59.7 Å². The highest BCUT2D eigenvalue weighted by Crippen LogP contribution is 2.44. The third-order valence-corrected chi connectivity index (χ3v) is 7.00. The molecule has 2 amide bonds. The fourth-order valence-corrected chi connectivity index (χ4v) is 5.25. The molecule has 2 aromatic carbocycles. The summed E-state index contributed by atoms with van der Waals surface area (Å²) in [5, 5.41) is 14.9. The number of fused-ring (bicyclic) bond motifs is 3. The molecule has 0 saturated heterocycles. The molecular formula is C27H32N2O5. The number of hydrogen-bond acceptors (Lipinski definition) is 4. The minimum atomic E-state index is -1.04. The first-order chi connectivity index (χ1) is 16.3. The second-order valence-corrected chi connectivity index (χ2v) is 9.60. The maximum Gasteiger partial charge on any atom is 0.407 e. The molecule has 2 aromatic rings. The second kappa shape index (κ2) is 10.3. The van der Waals surface area contributed by atoms with Crippen molar-refractivity contribution in [1.82, 2.24) is 10.6 Å². The van der Waals surface area contributed by atoms with Crippen molar-refractivity contribution in [3.63, 3.8) is 0 Å². The quantitative estimate of drug-likeness (QED) is 0.540. The summed E-state index contributed by atoms with van der Waals surface area (Å²) in [5.41, 5.74) is 4.67. The Bertz CT molecular complexity index is 1020. The third-order valence-electron chi connectivity index (χ3n) is 7.00. The summed E-state index contributed by atoms with van der Waals surface area (Å²) in [4.78, 5) is 36.5. The summed E-state index contributed by atoms with van der Waals surface area (Å²) in [6, 6.07) is 15.3. The van der Waals surface area contributed by atoms with Crippen LogP contribution in [0.25, 0.3) is 11.1 Å². The van der Waals surface area contributed by atoms with E-state index in [0.717, 1.165) is 30.4 Å². The van der Waals surface area contributed by atoms with E-state index in [1.807, 2.05) is 24.3 Å². The predicted octanol–water partition coefficient (Wildman–Crippen LogP) is 4.31. The van der Waals surface area contributed by atoms with Gasteiger partial charge in [0.1, 0.15) is 12.6 Å². The number of amides is 2. The van der Waals surface area contributed by atoms with Crippen LogP contribution in [0.2, 0.25) is 0 Å². The van der Waals surface area contributed by atoms with E-state index in [0.29, 0.717) is 0 Å². The van der Waals surface area contributed by atoms with Gasteiger partial charge in [0, 0.05) is 18.4 Å². The second-order valence-electron chi connectivity index (χ2n) is 9.60. The zero-order valence-corrected chi connectivity index (χ0v) is 19.6. The van der Waals surface area contributed by atoms with Gasteiger partial charge < -0.3 is 20.5 Å². The van der Waals surface area contributed by atoms with Gasteiger partial charge in [-0.1, -0.05) is 68.8 Å². The van der Waals surface area contributed by atoms with Crippen molar-refractivity contribution < 1.29 is 24.2 Å². The van der Waals surface area contributed by atoms with Gasteiger partial charge in [-0.05, 0) is 46.9 Å². The molecule has 1 saturated carbocycles. The molecule has 2 aliphatic carbocycles. The van der Waals surface area contributed by atoms with E-state index in [1.54, 1.807) is 13.8 Å². The molecule has 4 rings (SSSR count). The van der Waals surface area contributed by atoms with Gasteiger partial charge in [-0.25, -0.2) is 9.59 Å². The Balaban J connectivity index is 1.33. The number of rotatable bonds is 8. The van der Waals surface area contributed by atoms with E-state index < -0.39 is 18.1 Å². The largest absolute Gasteiger partial charge is 0.480 e. The van der Waals surface area contributed by atoms with E-state index in [1.165, 1.54) is 11.1 Å². The number of aliphatic carboxylic acids is 1. The van der Waals surface area contributed by atoms with Crippen LogP contribution in [0.4, 0.5) is 4.79 Å². The summed E-state index contributed by atoms with van der Waals surface area (Å²) in [6.45, 7) is 3.76. The molecule has 7 heteroatoms. The Morgan fingerprint density at radius 1 is 1.00 bits per heavy atom. The summed E-state index contributed by atoms with van der Waals surface area (Å²) >= 11 is 0. The SMILES string of the molecule is CC(C)[C@H](NC(=O)C[C@@H]1CCC[C@H]1NC(=O)OCC1c2ccccc2-c2ccccc21)C(=O)O. The third kappa shape index (κ3) is 5.08. The molecule has 0 radical (unpaired) electrons. The van der Waals surface area contributed by atoms with Crippen LogP contribution < -0.4 is 10.6 Å². The number of alkyl carbamates (subject to hydrolysis) is 1. The molecule has 0 aromatic heterocycles. The molecule has 3 atom stereocenters. The summed E-state index contributed by atoms with van der Waals surface area (Å²) in [6.07, 6.45) is 2.18. The van der Waals surface area contributed by atoms with Crippen LogP contribution >= 0.6 is 0 Å². The van der Waals surface area contributed by atoms with Crippen LogP contribution in [0.5, 0.6) is 0 Å². The summed E-state index contributed by atoms with van der Waals surface area (Å²) in [5.74, 6) is -1.59. The van der Waals surface area contributed by atoms with E-state index in [2.05, 4.69) is 34.9 Å². The zero-order valence-electron chi connectivity index (χ0n) is 19.6. The van der Waals surface area contributed by atoms with Crippen molar-refractivity contribution >= 4 is 18.0 Å². The van der Waals surface area contributed by atoms with E-state index in [4.69, 9.17) is 4.74 Å². The van der Waals surface area contributed by atoms with Gasteiger partial charge in [0.15, 0.2) is 0 Å². The number of ether oxygens (including phenoxy) is 1. The smallest absolute Gasteiger partial charge is 0.407 e. The van der Waals surface area contributed by atoms with Gasteiger partial charge >= 0.3 is 12.1 Å². The summed E-state index contributed by atoms with van der Waals surface area (Å²) < 4.78 is 5.65. The van der Waals surface area contributed by atoms with Crippen molar-refractivity contribution in [1.29, 1.82) is 0 Å². The fraction of sp³-hybridized carbons (Fsp3) is 0.444. The molecule has 0 unspecified atom stereocenters. The van der Waals surface area contributed by atoms with Crippen LogP contribution in [0.3, 0.4) is 0 Å². The summed E-state index contributed by atoms with van der Waals surface area (Å²) in [7, 11) is 0. The van der Waals surface area contributed by atoms with Crippen LogP contribution in [0.1, 0.15) is 56.6 Å². The highest BCUT2D eigenvalue weighted by molar-refractivity contribution is 5.84. The maximum atomic E-state index is 12.7. The standard InChI is InChI=1S/C27H32N2O5/c1-16(2)25(26(31)32)29-24(30)14-17-8-7-13-23(17)28-27(33)34-15-22-20-11-5-3-9-18(20)19-10-4-6-12-21(19)22/h3-6,9-12,16-17,22-23,25H,7-8,13-15H2,1-2H3,(H,28,33)(H,29,30)(H,31,32)/t17-,23+,25-/m0/s1. The Kier molecular flexibility index (Phi) is 7.20. The lowest BCUT2D eigenvalue weighted by molar-refractivity contribution is -0.143. The number of carboxylic acids is 1. The number of carbonyl (C=O) groups excluding carboxylic acids is 2. The first kappa shape index (κ1) is 23.8. The van der Waals surface area contributed by atoms with E-state index >= 15 is 0 Å². The Morgan fingerprint density at radius 3 is 2.21 bits per heavy atom. The van der Waals surface area contributed by atoms with Gasteiger partial charge in [0.2, 0.25) is 5.91 Å². The minimum Gasteiger partial charge on any atom is -0.480 e. The number of carbonyl (C=O) groups is 3. The van der Waals surface area contributed by atoms with Gasteiger partial charge in [-0.3, -0.25) is 4.79 Å². The van der Waals surface area contributed by atoms with Gasteiger partial charge in [0.05, 0.1) is 0 Å². The highest BCUT2D eigenvalue weighted by Gasteiger charge is 2.33. The lowest BCUT2D eigenvalue weighted by Gasteiger charge is -2.23. The lowest BCUT2D eigenvalue weighted by atomic mass is 9.98. The molecule has 0 aliphatic heterocycles. The van der Waals surface area contributed by atoms with Crippen LogP contribution in [-0.4, -0.2) is 41.8 Å². The first-order valence-corrected chi connectivity index (χ1v) is 12.0. The molecule has 0 spiro atoms. The number of benzene rings is 2. The fourth-order valence-electron chi connectivity index (χ4n) is 5.25. The average Bonchev–Trinajstić information content (AvgIpc) is 3.37. The monoisotopic (exact) mass is 464 g/mol. The number of nitrogens with one attached hydrogen (secondary N) is 2. The van der Waals surface area contributed by atoms with Crippen molar-refractivity contribution in [2.45, 2.75) is 57.5 Å². The molecule has 2 aliphatic rings. The number of carboxylic acid groups (broad SMARTS) is 1. The molecule has 1 fully saturated rings. The van der Waals surface area contributed by atoms with Crippen LogP contribution in [-0.2, 0) is 14.3 Å². The van der Waals surface area contributed by atoms with Crippen LogP contribution in [0, 0.1) is 11.8 Å². The van der Waals surface area contributed by atoms with E-state index in [-0.39, 0.29) is 42.7 Å². The first-order valence-electron chi connectivity index (χ1n) is 12.0.